The first-order valence-electron chi connectivity index (χ1n) is 7.74. The molecule has 0 amide bonds. The number of nitro benzene ring substituents is 1. The lowest BCUT2D eigenvalue weighted by Crippen LogP contribution is -2.48. The van der Waals surface area contributed by atoms with Crippen molar-refractivity contribution in [3.05, 3.63) is 62.1 Å². The van der Waals surface area contributed by atoms with E-state index >= 15 is 0 Å². The normalized spacial score (nSPS) is 15.8. The Morgan fingerprint density at radius 3 is 2.35 bits per heavy atom. The van der Waals surface area contributed by atoms with E-state index in [2.05, 4.69) is 15.9 Å². The molecule has 0 aliphatic carbocycles. The average molecular weight is 461 g/mol. The molecule has 0 saturated carbocycles. The van der Waals surface area contributed by atoms with Crippen LogP contribution in [0.5, 0.6) is 0 Å². The molecule has 2 aromatic rings. The van der Waals surface area contributed by atoms with Gasteiger partial charge in [-0.2, -0.15) is 4.31 Å². The number of hydrogen-bond acceptors (Lipinski definition) is 5. The molecule has 10 heteroatoms. The number of benzene rings is 2. The minimum atomic E-state index is -3.70. The molecule has 1 fully saturated rings. The Hall–Kier alpha value is -1.68. The second kappa shape index (κ2) is 7.51. The van der Waals surface area contributed by atoms with Crippen molar-refractivity contribution >= 4 is 48.9 Å². The highest BCUT2D eigenvalue weighted by atomic mass is 79.9. The van der Waals surface area contributed by atoms with Gasteiger partial charge < -0.3 is 4.90 Å². The van der Waals surface area contributed by atoms with Crippen molar-refractivity contribution in [2.45, 2.75) is 4.90 Å². The predicted molar refractivity (Wildman–Crippen MR) is 103 cm³/mol. The van der Waals surface area contributed by atoms with Gasteiger partial charge >= 0.3 is 0 Å². The number of nitrogens with zero attached hydrogens (tertiary/aromatic N) is 3. The zero-order valence-electron chi connectivity index (χ0n) is 13.5. The Morgan fingerprint density at radius 1 is 1.08 bits per heavy atom. The predicted octanol–water partition coefficient (Wildman–Crippen LogP) is 3.52. The van der Waals surface area contributed by atoms with E-state index < -0.39 is 14.9 Å². The van der Waals surface area contributed by atoms with Crippen molar-refractivity contribution in [1.82, 2.24) is 4.31 Å². The summed E-state index contributed by atoms with van der Waals surface area (Å²) in [6.07, 6.45) is 0. The standard InChI is InChI=1S/C16H15BrClN3O4S/c17-12-5-6-14(15(11-12)21(22)23)19-7-9-20(10-8-19)26(24,25)16-4-2-1-3-13(16)18/h1-6,11H,7-10H2. The summed E-state index contributed by atoms with van der Waals surface area (Å²) >= 11 is 9.26. The van der Waals surface area contributed by atoms with Crippen LogP contribution in [0.3, 0.4) is 0 Å². The summed E-state index contributed by atoms with van der Waals surface area (Å²) in [7, 11) is -3.70. The van der Waals surface area contributed by atoms with E-state index in [-0.39, 0.29) is 28.7 Å². The van der Waals surface area contributed by atoms with Crippen LogP contribution in [0.2, 0.25) is 5.02 Å². The maximum atomic E-state index is 12.8. The van der Waals surface area contributed by atoms with E-state index in [1.54, 1.807) is 24.3 Å². The lowest BCUT2D eigenvalue weighted by Gasteiger charge is -2.35. The SMILES string of the molecule is O=[N+]([O-])c1cc(Br)ccc1N1CCN(S(=O)(=O)c2ccccc2Cl)CC1. The molecule has 1 saturated heterocycles. The van der Waals surface area contributed by atoms with Crippen LogP contribution in [0.1, 0.15) is 0 Å². The van der Waals surface area contributed by atoms with E-state index in [0.29, 0.717) is 23.2 Å². The maximum absolute atomic E-state index is 12.8. The van der Waals surface area contributed by atoms with E-state index in [9.17, 15) is 18.5 Å². The molecule has 0 N–H and O–H groups in total. The molecular formula is C16H15BrClN3O4S. The molecule has 2 aromatic carbocycles. The van der Waals surface area contributed by atoms with Gasteiger partial charge in [-0.3, -0.25) is 10.1 Å². The second-order valence-electron chi connectivity index (χ2n) is 5.71. The molecule has 0 spiro atoms. The van der Waals surface area contributed by atoms with Gasteiger partial charge in [-0.05, 0) is 24.3 Å². The number of sulfonamides is 1. The molecule has 0 bridgehead atoms. The quantitative estimate of drug-likeness (QED) is 0.515. The molecule has 138 valence electrons. The lowest BCUT2D eigenvalue weighted by molar-refractivity contribution is -0.384. The molecular weight excluding hydrogens is 446 g/mol. The van der Waals surface area contributed by atoms with E-state index in [1.807, 2.05) is 4.90 Å². The van der Waals surface area contributed by atoms with Crippen molar-refractivity contribution in [2.24, 2.45) is 0 Å². The van der Waals surface area contributed by atoms with E-state index in [1.165, 1.54) is 22.5 Å². The highest BCUT2D eigenvalue weighted by molar-refractivity contribution is 9.10. The maximum Gasteiger partial charge on any atom is 0.293 e. The van der Waals surface area contributed by atoms with Gasteiger partial charge in [0.05, 0.1) is 9.95 Å². The first kappa shape index (κ1) is 19.1. The van der Waals surface area contributed by atoms with E-state index in [0.717, 1.165) is 0 Å². The molecule has 1 heterocycles. The topological polar surface area (TPSA) is 83.8 Å². The monoisotopic (exact) mass is 459 g/mol. The number of halogens is 2. The number of rotatable bonds is 4. The molecule has 0 atom stereocenters. The van der Waals surface area contributed by atoms with Crippen LogP contribution in [0.4, 0.5) is 11.4 Å². The zero-order chi connectivity index (χ0) is 18.9. The third-order valence-corrected chi connectivity index (χ3v) is 7.06. The Morgan fingerprint density at radius 2 is 1.73 bits per heavy atom. The summed E-state index contributed by atoms with van der Waals surface area (Å²) in [5, 5.41) is 11.5. The number of anilines is 1. The van der Waals surface area contributed by atoms with Gasteiger partial charge in [0.15, 0.2) is 0 Å². The minimum Gasteiger partial charge on any atom is -0.363 e. The summed E-state index contributed by atoms with van der Waals surface area (Å²) in [6, 6.07) is 11.2. The van der Waals surface area contributed by atoms with Crippen molar-refractivity contribution in [1.29, 1.82) is 0 Å². The van der Waals surface area contributed by atoms with Crippen molar-refractivity contribution in [3.63, 3.8) is 0 Å². The van der Waals surface area contributed by atoms with Gasteiger partial charge in [0.1, 0.15) is 10.6 Å². The van der Waals surface area contributed by atoms with Gasteiger partial charge in [-0.1, -0.05) is 39.7 Å². The summed E-state index contributed by atoms with van der Waals surface area (Å²) < 4.78 is 27.5. The van der Waals surface area contributed by atoms with Crippen molar-refractivity contribution in [3.8, 4) is 0 Å². The van der Waals surface area contributed by atoms with Gasteiger partial charge in [0, 0.05) is 36.7 Å². The summed E-state index contributed by atoms with van der Waals surface area (Å²) in [4.78, 5) is 12.8. The molecule has 1 aliphatic heterocycles. The van der Waals surface area contributed by atoms with Crippen LogP contribution in [-0.2, 0) is 10.0 Å². The average Bonchev–Trinajstić information content (AvgIpc) is 2.62. The first-order valence-corrected chi connectivity index (χ1v) is 10.4. The summed E-state index contributed by atoms with van der Waals surface area (Å²) in [6.45, 7) is 1.15. The van der Waals surface area contributed by atoms with Crippen LogP contribution in [-0.4, -0.2) is 43.8 Å². The van der Waals surface area contributed by atoms with Crippen LogP contribution >= 0.6 is 27.5 Å². The molecule has 7 nitrogen and oxygen atoms in total. The molecule has 0 radical (unpaired) electrons. The Kier molecular flexibility index (Phi) is 5.52. The first-order chi connectivity index (χ1) is 12.3. The van der Waals surface area contributed by atoms with Crippen LogP contribution in [0.15, 0.2) is 51.8 Å². The van der Waals surface area contributed by atoms with Crippen molar-refractivity contribution < 1.29 is 13.3 Å². The fourth-order valence-corrected chi connectivity index (χ4v) is 5.14. The number of piperazine rings is 1. The van der Waals surface area contributed by atoms with Gasteiger partial charge in [-0.15, -0.1) is 0 Å². The fourth-order valence-electron chi connectivity index (χ4n) is 2.87. The Labute approximate surface area is 164 Å². The minimum absolute atomic E-state index is 0.0122. The van der Waals surface area contributed by atoms with Gasteiger partial charge in [-0.25, -0.2) is 8.42 Å². The smallest absolute Gasteiger partial charge is 0.293 e. The Bertz CT molecular complexity index is 946. The van der Waals surface area contributed by atoms with E-state index in [4.69, 9.17) is 11.6 Å². The summed E-state index contributed by atoms with van der Waals surface area (Å²) in [5.41, 5.74) is 0.467. The van der Waals surface area contributed by atoms with Crippen LogP contribution < -0.4 is 4.90 Å². The molecule has 1 aliphatic rings. The zero-order valence-corrected chi connectivity index (χ0v) is 16.7. The van der Waals surface area contributed by atoms with Gasteiger partial charge in [0.25, 0.3) is 5.69 Å². The summed E-state index contributed by atoms with van der Waals surface area (Å²) in [5.74, 6) is 0. The Balaban J connectivity index is 1.80. The van der Waals surface area contributed by atoms with Gasteiger partial charge in [0.2, 0.25) is 10.0 Å². The highest BCUT2D eigenvalue weighted by Gasteiger charge is 2.31. The number of hydrogen-bond donors (Lipinski definition) is 0. The van der Waals surface area contributed by atoms with Crippen LogP contribution in [0.25, 0.3) is 0 Å². The third kappa shape index (κ3) is 3.71. The second-order valence-corrected chi connectivity index (χ2v) is 8.94. The fraction of sp³-hybridized carbons (Fsp3) is 0.250. The number of nitro groups is 1. The molecule has 0 unspecified atom stereocenters. The molecule has 3 rings (SSSR count). The molecule has 26 heavy (non-hydrogen) atoms. The highest BCUT2D eigenvalue weighted by Crippen LogP contribution is 2.32. The van der Waals surface area contributed by atoms with Crippen molar-refractivity contribution in [2.75, 3.05) is 31.1 Å². The lowest BCUT2D eigenvalue weighted by atomic mass is 10.2. The third-order valence-electron chi connectivity index (χ3n) is 4.17. The molecule has 0 aromatic heterocycles. The van der Waals surface area contributed by atoms with Crippen LogP contribution in [0, 0.1) is 10.1 Å². The largest absolute Gasteiger partial charge is 0.363 e.